The number of piperidine rings is 1. The van der Waals surface area contributed by atoms with Gasteiger partial charge in [0.05, 0.1) is 51.8 Å². The number of hydrogen-bond donors (Lipinski definition) is 1. The van der Waals surface area contributed by atoms with Gasteiger partial charge in [-0.15, -0.1) is 11.3 Å². The molecular formula is C36H39ClN4O4S. The quantitative estimate of drug-likeness (QED) is 0.190. The fraction of sp³-hybridized carbons (Fsp3) is 0.417. The number of aliphatic carboxylic acids is 1. The van der Waals surface area contributed by atoms with Crippen LogP contribution >= 0.6 is 22.9 Å². The predicted molar refractivity (Wildman–Crippen MR) is 184 cm³/mol. The summed E-state index contributed by atoms with van der Waals surface area (Å²) in [6.07, 6.45) is 3.31. The maximum absolute atomic E-state index is 12.7. The Labute approximate surface area is 277 Å². The maximum Gasteiger partial charge on any atom is 0.337 e. The van der Waals surface area contributed by atoms with E-state index in [1.807, 2.05) is 64.1 Å². The molecule has 2 fully saturated rings. The highest BCUT2D eigenvalue weighted by atomic mass is 35.5. The monoisotopic (exact) mass is 658 g/mol. The van der Waals surface area contributed by atoms with Crippen molar-refractivity contribution in [3.05, 3.63) is 70.4 Å². The van der Waals surface area contributed by atoms with E-state index in [0.717, 1.165) is 87.8 Å². The Morgan fingerprint density at radius 1 is 1.11 bits per heavy atom. The Balaban J connectivity index is 1.33. The fourth-order valence-corrected chi connectivity index (χ4v) is 8.08. The molecule has 7 rings (SSSR count). The number of rotatable bonds is 7. The lowest BCUT2D eigenvalue weighted by Crippen LogP contribution is -2.51. The number of thiazole rings is 1. The molecule has 3 aromatic heterocycles. The van der Waals surface area contributed by atoms with Gasteiger partial charge in [0, 0.05) is 29.4 Å². The Bertz CT molecular complexity index is 1930. The Hall–Kier alpha value is -3.34. The van der Waals surface area contributed by atoms with Gasteiger partial charge in [-0.05, 0) is 107 Å². The molecule has 8 nitrogen and oxygen atoms in total. The minimum Gasteiger partial charge on any atom is -0.479 e. The summed E-state index contributed by atoms with van der Waals surface area (Å²) in [7, 11) is 2.09. The van der Waals surface area contributed by atoms with Crippen LogP contribution in [0.15, 0.2) is 48.7 Å². The first-order valence-electron chi connectivity index (χ1n) is 15.9. The molecule has 2 aromatic carbocycles. The van der Waals surface area contributed by atoms with Crippen LogP contribution in [0.2, 0.25) is 5.02 Å². The summed E-state index contributed by atoms with van der Waals surface area (Å²) in [5.74, 6) is -0.579. The summed E-state index contributed by atoms with van der Waals surface area (Å²) in [6, 6.07) is 14.2. The smallest absolute Gasteiger partial charge is 0.337 e. The summed E-state index contributed by atoms with van der Waals surface area (Å²) in [5.41, 5.74) is 7.48. The molecule has 5 heterocycles. The van der Waals surface area contributed by atoms with E-state index in [4.69, 9.17) is 31.0 Å². The topological polar surface area (TPSA) is 89.7 Å². The van der Waals surface area contributed by atoms with E-state index in [9.17, 15) is 9.90 Å². The van der Waals surface area contributed by atoms with Gasteiger partial charge in [0.2, 0.25) is 0 Å². The number of nitrogens with zero attached hydrogens (tertiary/aromatic N) is 4. The van der Waals surface area contributed by atoms with Crippen LogP contribution in [0.3, 0.4) is 0 Å². The van der Waals surface area contributed by atoms with Gasteiger partial charge in [-0.2, -0.15) is 0 Å². The number of pyridine rings is 1. The van der Waals surface area contributed by atoms with E-state index in [0.29, 0.717) is 22.5 Å². The van der Waals surface area contributed by atoms with Crippen molar-refractivity contribution in [2.45, 2.75) is 64.2 Å². The average molecular weight is 659 g/mol. The average Bonchev–Trinajstić information content (AvgIpc) is 3.55. The molecule has 0 radical (unpaired) electrons. The lowest BCUT2D eigenvalue weighted by atomic mass is 9.89. The summed E-state index contributed by atoms with van der Waals surface area (Å²) < 4.78 is 14.7. The number of halogens is 1. The van der Waals surface area contributed by atoms with Crippen molar-refractivity contribution >= 4 is 50.2 Å². The van der Waals surface area contributed by atoms with Crippen molar-refractivity contribution < 1.29 is 19.4 Å². The molecule has 2 aliphatic heterocycles. The standard InChI is InChI=1S/C36H39ClN4O4S/c1-20-16-27-33(30(22-6-8-23(37)9-7-22)29(20)32(35(42)43)45-36(2,3)4)46-34(39-27)26-10-11-28-31(38-26)25(17-40(28)5)21-12-14-41(15-13-21)24-18-44-19-24/h6-11,16-17,21,24,32H,12-15,18-19H2,1-5H3,(H,42,43)/t32-/m0/s1. The molecule has 0 bridgehead atoms. The number of carboxylic acids is 1. The van der Waals surface area contributed by atoms with Gasteiger partial charge < -0.3 is 19.1 Å². The molecular weight excluding hydrogens is 620 g/mol. The maximum atomic E-state index is 12.7. The minimum atomic E-state index is -1.16. The van der Waals surface area contributed by atoms with Crippen molar-refractivity contribution in [1.29, 1.82) is 0 Å². The van der Waals surface area contributed by atoms with Crippen LogP contribution in [0.1, 0.15) is 62.3 Å². The number of likely N-dealkylation sites (tertiary alicyclic amines) is 1. The zero-order chi connectivity index (χ0) is 32.3. The summed E-state index contributed by atoms with van der Waals surface area (Å²) >= 11 is 7.81. The number of benzene rings is 2. The molecule has 0 amide bonds. The predicted octanol–water partition coefficient (Wildman–Crippen LogP) is 8.00. The second kappa shape index (κ2) is 12.0. The number of ether oxygens (including phenoxy) is 2. The van der Waals surface area contributed by atoms with Crippen LogP contribution in [0.4, 0.5) is 0 Å². The van der Waals surface area contributed by atoms with Gasteiger partial charge in [-0.3, -0.25) is 4.90 Å². The molecule has 1 N–H and O–H groups in total. The van der Waals surface area contributed by atoms with Crippen molar-refractivity contribution in [3.8, 4) is 21.8 Å². The highest BCUT2D eigenvalue weighted by Gasteiger charge is 2.33. The molecule has 0 saturated carbocycles. The third-order valence-electron chi connectivity index (χ3n) is 9.20. The number of hydrogen-bond acceptors (Lipinski definition) is 7. The first-order valence-corrected chi connectivity index (χ1v) is 17.0. The van der Waals surface area contributed by atoms with Gasteiger partial charge in [-0.1, -0.05) is 23.7 Å². The van der Waals surface area contributed by atoms with E-state index >= 15 is 0 Å². The van der Waals surface area contributed by atoms with Gasteiger partial charge in [0.1, 0.15) is 5.01 Å². The molecule has 240 valence electrons. The molecule has 5 aromatic rings. The molecule has 0 spiro atoms. The lowest BCUT2D eigenvalue weighted by molar-refractivity contribution is -0.160. The summed E-state index contributed by atoms with van der Waals surface area (Å²) in [5, 5.41) is 11.8. The van der Waals surface area contributed by atoms with Crippen LogP contribution in [-0.2, 0) is 21.3 Å². The number of fused-ring (bicyclic) bond motifs is 2. The number of aryl methyl sites for hydroxylation is 2. The first kappa shape index (κ1) is 31.3. The van der Waals surface area contributed by atoms with Crippen LogP contribution < -0.4 is 0 Å². The van der Waals surface area contributed by atoms with Gasteiger partial charge in [0.25, 0.3) is 0 Å². The van der Waals surface area contributed by atoms with Crippen molar-refractivity contribution in [2.24, 2.45) is 7.05 Å². The van der Waals surface area contributed by atoms with Crippen LogP contribution in [0, 0.1) is 6.92 Å². The molecule has 46 heavy (non-hydrogen) atoms. The lowest BCUT2D eigenvalue weighted by Gasteiger charge is -2.41. The van der Waals surface area contributed by atoms with Gasteiger partial charge in [0.15, 0.2) is 6.10 Å². The van der Waals surface area contributed by atoms with E-state index in [1.165, 1.54) is 16.9 Å². The van der Waals surface area contributed by atoms with Gasteiger partial charge >= 0.3 is 5.97 Å². The molecule has 0 unspecified atom stereocenters. The zero-order valence-corrected chi connectivity index (χ0v) is 28.4. The highest BCUT2D eigenvalue weighted by molar-refractivity contribution is 7.22. The van der Waals surface area contributed by atoms with Crippen LogP contribution in [-0.4, -0.2) is 68.5 Å². The second-order valence-electron chi connectivity index (χ2n) is 13.6. The highest BCUT2D eigenvalue weighted by Crippen LogP contribution is 2.45. The van der Waals surface area contributed by atoms with Crippen molar-refractivity contribution in [3.63, 3.8) is 0 Å². The Morgan fingerprint density at radius 2 is 1.83 bits per heavy atom. The third-order valence-corrected chi connectivity index (χ3v) is 10.6. The molecule has 0 aliphatic carbocycles. The number of carbonyl (C=O) groups is 1. The minimum absolute atomic E-state index is 0.455. The van der Waals surface area contributed by atoms with Crippen LogP contribution in [0.25, 0.3) is 43.1 Å². The van der Waals surface area contributed by atoms with E-state index in [1.54, 1.807) is 0 Å². The largest absolute Gasteiger partial charge is 0.479 e. The van der Waals surface area contributed by atoms with Crippen molar-refractivity contribution in [1.82, 2.24) is 19.4 Å². The second-order valence-corrected chi connectivity index (χ2v) is 15.0. The Morgan fingerprint density at radius 3 is 2.46 bits per heavy atom. The SMILES string of the molecule is Cc1cc2nc(-c3ccc4c(n3)c(C3CCN(C5COC5)CC3)cn4C)sc2c(-c2ccc(Cl)cc2)c1[C@H](OC(C)(C)C)C(=O)O. The summed E-state index contributed by atoms with van der Waals surface area (Å²) in [4.78, 5) is 25.6. The normalized spacial score (nSPS) is 17.5. The van der Waals surface area contributed by atoms with Gasteiger partial charge in [-0.25, -0.2) is 14.8 Å². The molecule has 2 saturated heterocycles. The third kappa shape index (κ3) is 5.84. The van der Waals surface area contributed by atoms with Crippen molar-refractivity contribution in [2.75, 3.05) is 26.3 Å². The molecule has 1 atom stereocenters. The zero-order valence-electron chi connectivity index (χ0n) is 26.8. The molecule has 10 heteroatoms. The van der Waals surface area contributed by atoms with E-state index in [-0.39, 0.29) is 0 Å². The number of carboxylic acid groups (broad SMARTS) is 1. The van der Waals surface area contributed by atoms with E-state index < -0.39 is 17.7 Å². The first-order chi connectivity index (χ1) is 22.0. The Kier molecular flexibility index (Phi) is 8.18. The fourth-order valence-electron chi connectivity index (χ4n) is 6.86. The van der Waals surface area contributed by atoms with E-state index in [2.05, 4.69) is 28.8 Å². The number of aromatic nitrogens is 3. The summed E-state index contributed by atoms with van der Waals surface area (Å²) in [6.45, 7) is 11.4. The van der Waals surface area contributed by atoms with Crippen LogP contribution in [0.5, 0.6) is 0 Å². The molecule has 2 aliphatic rings.